The molecular formula is C6H8N2O2S. The van der Waals surface area contributed by atoms with E-state index in [0.717, 1.165) is 0 Å². The molecule has 0 aliphatic heterocycles. The van der Waals surface area contributed by atoms with E-state index in [1.165, 1.54) is 6.07 Å². The Hall–Kier alpha value is -1.10. The normalized spacial score (nSPS) is 10.4. The molecule has 5 heteroatoms. The smallest absolute Gasteiger partial charge is 0.171 e. The summed E-state index contributed by atoms with van der Waals surface area (Å²) in [4.78, 5) is 3.88. The van der Waals surface area contributed by atoms with Gasteiger partial charge in [-0.05, 0) is 19.1 Å². The quantitative estimate of drug-likeness (QED) is 0.582. The summed E-state index contributed by atoms with van der Waals surface area (Å²) in [5.74, 6) is 0.0705. The Labute approximate surface area is 66.0 Å². The highest BCUT2D eigenvalue weighted by Crippen LogP contribution is 2.09. The van der Waals surface area contributed by atoms with Crippen LogP contribution in [0.4, 0.5) is 5.82 Å². The van der Waals surface area contributed by atoms with Gasteiger partial charge in [0.1, 0.15) is 10.7 Å². The molecule has 2 N–H and O–H groups in total. The number of nitrogen functional groups attached to an aromatic ring is 1. The predicted octanol–water partition coefficient (Wildman–Crippen LogP) is -0.0575. The van der Waals surface area contributed by atoms with Gasteiger partial charge in [-0.15, -0.1) is 0 Å². The van der Waals surface area contributed by atoms with Gasteiger partial charge >= 0.3 is 0 Å². The number of pyridine rings is 1. The van der Waals surface area contributed by atoms with E-state index in [-0.39, 0.29) is 10.7 Å². The summed E-state index contributed by atoms with van der Waals surface area (Å²) in [6, 6.07) is 3.06. The van der Waals surface area contributed by atoms with Crippen molar-refractivity contribution in [3.63, 3.8) is 0 Å². The summed E-state index contributed by atoms with van der Waals surface area (Å²) < 4.78 is 20.9. The molecule has 0 amide bonds. The molecule has 1 heterocycles. The number of hydrogen-bond acceptors (Lipinski definition) is 4. The summed E-state index contributed by atoms with van der Waals surface area (Å²) in [7, 11) is -2.62. The van der Waals surface area contributed by atoms with Gasteiger partial charge in [-0.2, -0.15) is 0 Å². The van der Waals surface area contributed by atoms with Crippen LogP contribution in [0.1, 0.15) is 5.69 Å². The molecular weight excluding hydrogens is 164 g/mol. The minimum Gasteiger partial charge on any atom is -0.383 e. The van der Waals surface area contributed by atoms with Crippen molar-refractivity contribution in [3.8, 4) is 0 Å². The van der Waals surface area contributed by atoms with Gasteiger partial charge in [0, 0.05) is 5.69 Å². The fourth-order valence-corrected chi connectivity index (χ4v) is 1.16. The highest BCUT2D eigenvalue weighted by atomic mass is 32.2. The zero-order valence-corrected chi connectivity index (χ0v) is 6.84. The van der Waals surface area contributed by atoms with Gasteiger partial charge in [0.05, 0.1) is 0 Å². The lowest BCUT2D eigenvalue weighted by Crippen LogP contribution is -1.97. The Morgan fingerprint density at radius 1 is 1.45 bits per heavy atom. The number of nitrogens with two attached hydrogens (primary N) is 1. The second-order valence-electron chi connectivity index (χ2n) is 2.11. The highest BCUT2D eigenvalue weighted by molar-refractivity contribution is 7.72. The van der Waals surface area contributed by atoms with Crippen LogP contribution in [0.3, 0.4) is 0 Å². The van der Waals surface area contributed by atoms with Crippen molar-refractivity contribution < 1.29 is 8.42 Å². The molecule has 4 nitrogen and oxygen atoms in total. The maximum absolute atomic E-state index is 10.5. The summed E-state index contributed by atoms with van der Waals surface area (Å²) in [6.45, 7) is 1.75. The molecule has 1 rings (SSSR count). The van der Waals surface area contributed by atoms with Gasteiger partial charge in [-0.25, -0.2) is 13.4 Å². The standard InChI is InChI=1S/C6H8N2O2S/c1-4-2-3-5(11(9)10)6(7)8-4/h2-3,11H,1H3,(H2,7,8). The van der Waals surface area contributed by atoms with Crippen LogP contribution in [0.25, 0.3) is 0 Å². The van der Waals surface area contributed by atoms with Gasteiger partial charge in [0.25, 0.3) is 0 Å². The van der Waals surface area contributed by atoms with E-state index in [1.54, 1.807) is 13.0 Å². The molecule has 11 heavy (non-hydrogen) atoms. The Morgan fingerprint density at radius 2 is 2.09 bits per heavy atom. The number of thiol groups is 1. The Bertz CT molecular complexity index is 338. The maximum atomic E-state index is 10.5. The lowest BCUT2D eigenvalue weighted by Gasteiger charge is -1.96. The van der Waals surface area contributed by atoms with Crippen LogP contribution in [-0.4, -0.2) is 13.4 Å². The largest absolute Gasteiger partial charge is 0.383 e. The van der Waals surface area contributed by atoms with E-state index in [0.29, 0.717) is 5.69 Å². The monoisotopic (exact) mass is 172 g/mol. The highest BCUT2D eigenvalue weighted by Gasteiger charge is 2.01. The van der Waals surface area contributed by atoms with Crippen LogP contribution in [0, 0.1) is 6.92 Å². The number of aromatic nitrogens is 1. The average Bonchev–Trinajstić information content (AvgIpc) is 1.85. The summed E-state index contributed by atoms with van der Waals surface area (Å²) in [5.41, 5.74) is 6.04. The first-order valence-corrected chi connectivity index (χ1v) is 4.16. The number of hydrogen-bond donors (Lipinski definition) is 2. The maximum Gasteiger partial charge on any atom is 0.171 e. The van der Waals surface area contributed by atoms with E-state index in [2.05, 4.69) is 4.98 Å². The Morgan fingerprint density at radius 3 is 2.55 bits per heavy atom. The molecule has 0 saturated heterocycles. The van der Waals surface area contributed by atoms with Crippen LogP contribution in [0.2, 0.25) is 0 Å². The third-order valence-electron chi connectivity index (χ3n) is 1.24. The van der Waals surface area contributed by atoms with E-state index in [4.69, 9.17) is 5.73 Å². The van der Waals surface area contributed by atoms with E-state index >= 15 is 0 Å². The topological polar surface area (TPSA) is 73.0 Å². The van der Waals surface area contributed by atoms with Crippen LogP contribution in [0.5, 0.6) is 0 Å². The molecule has 0 bridgehead atoms. The van der Waals surface area contributed by atoms with Crippen molar-refractivity contribution in [2.45, 2.75) is 11.8 Å². The van der Waals surface area contributed by atoms with Crippen molar-refractivity contribution in [1.29, 1.82) is 0 Å². The fraction of sp³-hybridized carbons (Fsp3) is 0.167. The van der Waals surface area contributed by atoms with E-state index < -0.39 is 10.7 Å². The number of rotatable bonds is 1. The molecule has 0 atom stereocenters. The molecule has 0 saturated carbocycles. The van der Waals surface area contributed by atoms with Crippen molar-refractivity contribution in [2.24, 2.45) is 0 Å². The van der Waals surface area contributed by atoms with Gasteiger partial charge in [0.2, 0.25) is 0 Å². The van der Waals surface area contributed by atoms with E-state index in [1.807, 2.05) is 0 Å². The molecule has 1 aromatic rings. The lowest BCUT2D eigenvalue weighted by atomic mass is 10.4. The van der Waals surface area contributed by atoms with Crippen LogP contribution in [0.15, 0.2) is 17.0 Å². The lowest BCUT2D eigenvalue weighted by molar-refractivity contribution is 0.614. The molecule has 0 aliphatic rings. The third-order valence-corrected chi connectivity index (χ3v) is 2.01. The van der Waals surface area contributed by atoms with E-state index in [9.17, 15) is 8.42 Å². The Balaban J connectivity index is 3.31. The zero-order valence-electron chi connectivity index (χ0n) is 5.94. The predicted molar refractivity (Wildman–Crippen MR) is 42.0 cm³/mol. The minimum atomic E-state index is -2.62. The van der Waals surface area contributed by atoms with Crippen molar-refractivity contribution in [1.82, 2.24) is 4.98 Å². The fourth-order valence-electron chi connectivity index (χ4n) is 0.724. The zero-order chi connectivity index (χ0) is 8.43. The van der Waals surface area contributed by atoms with Gasteiger partial charge < -0.3 is 5.73 Å². The molecule has 0 spiro atoms. The molecule has 0 unspecified atom stereocenters. The van der Waals surface area contributed by atoms with Crippen LogP contribution in [-0.2, 0) is 10.7 Å². The molecule has 0 fully saturated rings. The molecule has 1 aromatic heterocycles. The molecule has 0 aromatic carbocycles. The molecule has 60 valence electrons. The second-order valence-corrected chi connectivity index (χ2v) is 3.11. The van der Waals surface area contributed by atoms with Gasteiger partial charge in [-0.3, -0.25) is 0 Å². The first-order chi connectivity index (χ1) is 5.11. The molecule has 0 radical (unpaired) electrons. The number of nitrogens with zero attached hydrogens (tertiary/aromatic N) is 1. The van der Waals surface area contributed by atoms with Crippen molar-refractivity contribution in [2.75, 3.05) is 5.73 Å². The van der Waals surface area contributed by atoms with Crippen molar-refractivity contribution in [3.05, 3.63) is 17.8 Å². The summed E-state index contributed by atoms with van der Waals surface area (Å²) in [5, 5.41) is 0. The van der Waals surface area contributed by atoms with Crippen molar-refractivity contribution >= 4 is 16.5 Å². The van der Waals surface area contributed by atoms with Gasteiger partial charge in [-0.1, -0.05) is 0 Å². The summed E-state index contributed by atoms with van der Waals surface area (Å²) >= 11 is 0. The van der Waals surface area contributed by atoms with Crippen LogP contribution >= 0.6 is 0 Å². The number of anilines is 1. The first-order valence-electron chi connectivity index (χ1n) is 2.99. The third kappa shape index (κ3) is 1.68. The summed E-state index contributed by atoms with van der Waals surface area (Å²) in [6.07, 6.45) is 0. The average molecular weight is 172 g/mol. The van der Waals surface area contributed by atoms with Crippen LogP contribution < -0.4 is 5.73 Å². The minimum absolute atomic E-state index is 0.0705. The van der Waals surface area contributed by atoms with Gasteiger partial charge in [0.15, 0.2) is 10.7 Å². The number of aryl methyl sites for hydroxylation is 1. The molecule has 0 aliphatic carbocycles. The first kappa shape index (κ1) is 8.00. The Kier molecular flexibility index (Phi) is 2.09. The SMILES string of the molecule is Cc1ccc([SH](=O)=O)c(N)n1. The second kappa shape index (κ2) is 2.87.